The summed E-state index contributed by atoms with van der Waals surface area (Å²) in [6, 6.07) is -0.204. The van der Waals surface area contributed by atoms with Gasteiger partial charge in [0.15, 0.2) is 0 Å². The van der Waals surface area contributed by atoms with E-state index in [0.717, 1.165) is 12.8 Å². The van der Waals surface area contributed by atoms with Crippen molar-refractivity contribution in [3.05, 3.63) is 0 Å². The molecule has 0 saturated carbocycles. The van der Waals surface area contributed by atoms with E-state index in [2.05, 4.69) is 0 Å². The van der Waals surface area contributed by atoms with Crippen LogP contribution in [0.1, 0.15) is 46.0 Å². The average Bonchev–Trinajstić information content (AvgIpc) is 2.38. The van der Waals surface area contributed by atoms with Gasteiger partial charge in [-0.2, -0.15) is 0 Å². The second-order valence-corrected chi connectivity index (χ2v) is 6.45. The van der Waals surface area contributed by atoms with Crippen molar-refractivity contribution in [1.29, 1.82) is 0 Å². The minimum atomic E-state index is -1.10. The molecule has 6 heteroatoms. The molecule has 2 aliphatic rings. The lowest BCUT2D eigenvalue weighted by atomic mass is 9.88. The average molecular weight is 284 g/mol. The molecule has 0 aromatic carbocycles. The van der Waals surface area contributed by atoms with Gasteiger partial charge < -0.3 is 20.0 Å². The summed E-state index contributed by atoms with van der Waals surface area (Å²) in [6.07, 6.45) is 3.26. The summed E-state index contributed by atoms with van der Waals surface area (Å²) in [5, 5.41) is 19.4. The van der Waals surface area contributed by atoms with E-state index in [-0.39, 0.29) is 6.03 Å². The molecule has 2 rings (SSSR count). The number of aliphatic hydroxyl groups is 1. The van der Waals surface area contributed by atoms with E-state index in [1.54, 1.807) is 18.7 Å². The minimum Gasteiger partial charge on any atom is -0.480 e. The van der Waals surface area contributed by atoms with Crippen LogP contribution in [-0.4, -0.2) is 62.8 Å². The Balaban J connectivity index is 2.09. The van der Waals surface area contributed by atoms with Crippen LogP contribution < -0.4 is 0 Å². The lowest BCUT2D eigenvalue weighted by molar-refractivity contribution is -0.151. The van der Waals surface area contributed by atoms with Crippen molar-refractivity contribution in [2.75, 3.05) is 19.6 Å². The van der Waals surface area contributed by atoms with Gasteiger partial charge in [-0.15, -0.1) is 0 Å². The third kappa shape index (κ3) is 2.75. The first-order valence-electron chi connectivity index (χ1n) is 7.29. The Labute approximate surface area is 119 Å². The van der Waals surface area contributed by atoms with Crippen LogP contribution in [0.3, 0.4) is 0 Å². The first-order chi connectivity index (χ1) is 9.26. The number of amides is 2. The molecule has 0 aromatic rings. The van der Waals surface area contributed by atoms with E-state index in [4.69, 9.17) is 0 Å². The number of piperidine rings is 2. The van der Waals surface area contributed by atoms with Crippen molar-refractivity contribution in [1.82, 2.24) is 9.80 Å². The van der Waals surface area contributed by atoms with E-state index >= 15 is 0 Å². The second-order valence-electron chi connectivity index (χ2n) is 6.45. The van der Waals surface area contributed by atoms with Crippen molar-refractivity contribution in [3.63, 3.8) is 0 Å². The Morgan fingerprint density at radius 3 is 2.15 bits per heavy atom. The standard InChI is InChI=1S/C14H24N2O4/c1-13(20)6-9-15(10-7-13)12(19)16-8-4-3-5-14(16,2)11(17)18/h20H,3-10H2,1-2H3,(H,17,18). The highest BCUT2D eigenvalue weighted by Gasteiger charge is 2.45. The molecule has 6 nitrogen and oxygen atoms in total. The number of likely N-dealkylation sites (tertiary alicyclic amines) is 2. The van der Waals surface area contributed by atoms with Crippen molar-refractivity contribution in [3.8, 4) is 0 Å². The molecule has 0 aromatic heterocycles. The molecule has 0 radical (unpaired) electrons. The van der Waals surface area contributed by atoms with Crippen LogP contribution in [0.4, 0.5) is 4.79 Å². The third-order valence-corrected chi connectivity index (χ3v) is 4.69. The maximum Gasteiger partial charge on any atom is 0.329 e. The summed E-state index contributed by atoms with van der Waals surface area (Å²) in [5.41, 5.74) is -1.82. The molecule has 2 fully saturated rings. The molecule has 1 unspecified atom stereocenters. The van der Waals surface area contributed by atoms with Gasteiger partial charge in [-0.3, -0.25) is 0 Å². The molecule has 2 N–H and O–H groups in total. The number of urea groups is 1. The number of carbonyl (C=O) groups is 2. The Hall–Kier alpha value is -1.30. The third-order valence-electron chi connectivity index (χ3n) is 4.69. The minimum absolute atomic E-state index is 0.204. The molecule has 1 atom stereocenters. The molecule has 2 aliphatic heterocycles. The number of aliphatic carboxylic acids is 1. The summed E-state index contributed by atoms with van der Waals surface area (Å²) < 4.78 is 0. The quantitative estimate of drug-likeness (QED) is 0.760. The van der Waals surface area contributed by atoms with Gasteiger partial charge in [-0.05, 0) is 46.0 Å². The lowest BCUT2D eigenvalue weighted by Crippen LogP contribution is -2.61. The summed E-state index contributed by atoms with van der Waals surface area (Å²) in [4.78, 5) is 27.3. The second kappa shape index (κ2) is 5.24. The molecule has 0 bridgehead atoms. The first kappa shape index (κ1) is 15.1. The fourth-order valence-electron chi connectivity index (χ4n) is 3.00. The zero-order valence-electron chi connectivity index (χ0n) is 12.3. The van der Waals surface area contributed by atoms with Crippen molar-refractivity contribution >= 4 is 12.0 Å². The Kier molecular flexibility index (Phi) is 3.95. The number of hydrogen-bond donors (Lipinski definition) is 2. The van der Waals surface area contributed by atoms with E-state index < -0.39 is 17.1 Å². The van der Waals surface area contributed by atoms with Gasteiger partial charge in [-0.25, -0.2) is 9.59 Å². The number of carboxylic acids is 1. The fraction of sp³-hybridized carbons (Fsp3) is 0.857. The van der Waals surface area contributed by atoms with Gasteiger partial charge in [0.1, 0.15) is 5.54 Å². The number of hydrogen-bond acceptors (Lipinski definition) is 3. The van der Waals surface area contributed by atoms with Gasteiger partial charge >= 0.3 is 12.0 Å². The SMILES string of the molecule is CC1(O)CCN(C(=O)N2CCCCC2(C)C(=O)O)CC1. The normalized spacial score (nSPS) is 30.1. The monoisotopic (exact) mass is 284 g/mol. The zero-order chi connectivity index (χ0) is 15.0. The van der Waals surface area contributed by atoms with Crippen molar-refractivity contribution in [2.45, 2.75) is 57.1 Å². The summed E-state index contributed by atoms with van der Waals surface area (Å²) in [6.45, 7) is 4.87. The van der Waals surface area contributed by atoms with Gasteiger partial charge in [-0.1, -0.05) is 0 Å². The topological polar surface area (TPSA) is 81.1 Å². The summed E-state index contributed by atoms with van der Waals surface area (Å²) in [5.74, 6) is -0.936. The molecule has 114 valence electrons. The molecular formula is C14H24N2O4. The highest BCUT2D eigenvalue weighted by Crippen LogP contribution is 2.30. The Morgan fingerprint density at radius 2 is 1.60 bits per heavy atom. The Bertz CT molecular complexity index is 400. The first-order valence-corrected chi connectivity index (χ1v) is 7.29. The number of carboxylic acid groups (broad SMARTS) is 1. The number of nitrogens with zero attached hydrogens (tertiary/aromatic N) is 2. The highest BCUT2D eigenvalue weighted by molar-refractivity contribution is 5.86. The van der Waals surface area contributed by atoms with Crippen LogP contribution in [0.15, 0.2) is 0 Å². The number of rotatable bonds is 1. The predicted molar refractivity (Wildman–Crippen MR) is 73.4 cm³/mol. The maximum atomic E-state index is 12.6. The molecule has 2 saturated heterocycles. The van der Waals surface area contributed by atoms with Crippen LogP contribution >= 0.6 is 0 Å². The van der Waals surface area contributed by atoms with Gasteiger partial charge in [0.25, 0.3) is 0 Å². The van der Waals surface area contributed by atoms with E-state index in [1.165, 1.54) is 4.90 Å². The number of carbonyl (C=O) groups excluding carboxylic acids is 1. The summed E-state index contributed by atoms with van der Waals surface area (Å²) in [7, 11) is 0. The van der Waals surface area contributed by atoms with Gasteiger partial charge in [0.05, 0.1) is 5.60 Å². The smallest absolute Gasteiger partial charge is 0.329 e. The molecule has 2 heterocycles. The molecule has 20 heavy (non-hydrogen) atoms. The summed E-state index contributed by atoms with van der Waals surface area (Å²) >= 11 is 0. The fourth-order valence-corrected chi connectivity index (χ4v) is 3.00. The van der Waals surface area contributed by atoms with E-state index in [9.17, 15) is 19.8 Å². The van der Waals surface area contributed by atoms with E-state index in [0.29, 0.717) is 38.9 Å². The van der Waals surface area contributed by atoms with Gasteiger partial charge in [0.2, 0.25) is 0 Å². The molecule has 0 spiro atoms. The Morgan fingerprint density at radius 1 is 1.00 bits per heavy atom. The van der Waals surface area contributed by atoms with Crippen LogP contribution in [0.5, 0.6) is 0 Å². The van der Waals surface area contributed by atoms with Crippen LogP contribution in [0, 0.1) is 0 Å². The molecular weight excluding hydrogens is 260 g/mol. The predicted octanol–water partition coefficient (Wildman–Crippen LogP) is 1.28. The van der Waals surface area contributed by atoms with Crippen LogP contribution in [0.2, 0.25) is 0 Å². The van der Waals surface area contributed by atoms with Crippen molar-refractivity contribution < 1.29 is 19.8 Å². The van der Waals surface area contributed by atoms with Gasteiger partial charge in [0, 0.05) is 19.6 Å². The van der Waals surface area contributed by atoms with Crippen LogP contribution in [-0.2, 0) is 4.79 Å². The van der Waals surface area contributed by atoms with E-state index in [1.807, 2.05) is 0 Å². The maximum absolute atomic E-state index is 12.6. The van der Waals surface area contributed by atoms with Crippen molar-refractivity contribution in [2.24, 2.45) is 0 Å². The molecule has 0 aliphatic carbocycles. The zero-order valence-corrected chi connectivity index (χ0v) is 12.3. The highest BCUT2D eigenvalue weighted by atomic mass is 16.4. The lowest BCUT2D eigenvalue weighted by Gasteiger charge is -2.45. The molecule has 2 amide bonds. The van der Waals surface area contributed by atoms with Crippen LogP contribution in [0.25, 0.3) is 0 Å². The largest absolute Gasteiger partial charge is 0.480 e.